The van der Waals surface area contributed by atoms with Gasteiger partial charge in [0, 0.05) is 0 Å². The van der Waals surface area contributed by atoms with E-state index in [-0.39, 0.29) is 6.92 Å². The fourth-order valence-corrected chi connectivity index (χ4v) is 3.87. The second-order valence-corrected chi connectivity index (χ2v) is 9.90. The predicted octanol–water partition coefficient (Wildman–Crippen LogP) is 8.50. The maximum absolute atomic E-state index is 14.2. The van der Waals surface area contributed by atoms with Crippen LogP contribution in [0.1, 0.15) is 6.92 Å². The van der Waals surface area contributed by atoms with Gasteiger partial charge in [-0.2, -0.15) is 123 Å². The number of hydrogen-bond acceptors (Lipinski definition) is 3. The lowest BCUT2D eigenvalue weighted by Crippen LogP contribution is -2.79. The van der Waals surface area contributed by atoms with Gasteiger partial charge in [0.2, 0.25) is 0 Å². The zero-order chi connectivity index (χ0) is 38.4. The maximum Gasteiger partial charge on any atom is 0.460 e. The van der Waals surface area contributed by atoms with E-state index in [1.54, 1.807) is 0 Å². The van der Waals surface area contributed by atoms with Crippen molar-refractivity contribution in [1.82, 2.24) is 0 Å². The average Bonchev–Trinajstić information content (AvgIpc) is 2.80. The van der Waals surface area contributed by atoms with E-state index in [4.69, 9.17) is 0 Å². The molecule has 0 saturated carbocycles. The van der Waals surface area contributed by atoms with Crippen molar-refractivity contribution in [2.45, 2.75) is 83.5 Å². The van der Waals surface area contributed by atoms with E-state index in [1.165, 1.54) is 0 Å². The van der Waals surface area contributed by atoms with Crippen LogP contribution in [0, 0.1) is 0 Å². The molecule has 0 saturated heterocycles. The van der Waals surface area contributed by atoms with Crippen molar-refractivity contribution in [2.24, 2.45) is 0 Å². The van der Waals surface area contributed by atoms with Crippen LogP contribution in [0.2, 0.25) is 0 Å². The first kappa shape index (κ1) is 44.0. The Morgan fingerprint density at radius 3 is 0.717 bits per heavy atom. The Bertz CT molecular complexity index is 1230. The highest BCUT2D eigenvalue weighted by Crippen LogP contribution is 2.68. The van der Waals surface area contributed by atoms with Gasteiger partial charge >= 0.3 is 86.7 Å². The molecule has 31 heteroatoms. The van der Waals surface area contributed by atoms with Gasteiger partial charge in [0.05, 0.1) is 6.61 Å². The molecular formula is C15H5F27O3S. The second kappa shape index (κ2) is 10.8. The number of halogens is 27. The molecule has 0 spiro atoms. The Labute approximate surface area is 232 Å². The van der Waals surface area contributed by atoms with Crippen LogP contribution in [0.25, 0.3) is 0 Å². The minimum atomic E-state index is -9.91. The Kier molecular flexibility index (Phi) is 10.3. The number of rotatable bonds is 13. The Morgan fingerprint density at radius 2 is 0.543 bits per heavy atom. The summed E-state index contributed by atoms with van der Waals surface area (Å²) in [5, 5.41) is -8.55. The van der Waals surface area contributed by atoms with Crippen LogP contribution in [0.15, 0.2) is 0 Å². The largest absolute Gasteiger partial charge is 0.460 e. The fraction of sp³-hybridized carbons (Fsp3) is 1.00. The van der Waals surface area contributed by atoms with E-state index in [9.17, 15) is 127 Å². The first-order valence-corrected chi connectivity index (χ1v) is 11.2. The van der Waals surface area contributed by atoms with Gasteiger partial charge in [-0.3, -0.25) is 4.18 Å². The third-order valence-corrected chi connectivity index (χ3v) is 7.01. The molecule has 0 aromatic rings. The van der Waals surface area contributed by atoms with Crippen molar-refractivity contribution in [2.75, 3.05) is 6.61 Å². The van der Waals surface area contributed by atoms with Gasteiger partial charge in [0.25, 0.3) is 0 Å². The Morgan fingerprint density at radius 1 is 0.348 bits per heavy atom. The molecule has 3 nitrogen and oxygen atoms in total. The normalized spacial score (nSPS) is 18.1. The fourth-order valence-electron chi connectivity index (χ4n) is 2.67. The molecule has 0 radical (unpaired) electrons. The molecule has 0 fully saturated rings. The summed E-state index contributed by atoms with van der Waals surface area (Å²) in [4.78, 5) is 0. The third kappa shape index (κ3) is 4.99. The van der Waals surface area contributed by atoms with Crippen molar-refractivity contribution < 1.29 is 131 Å². The molecule has 0 amide bonds. The molecule has 0 rings (SSSR count). The summed E-state index contributed by atoms with van der Waals surface area (Å²) in [6.07, 6.45) is -16.6. The SMILES string of the molecule is CCOS(=O)(=O)C(F)(C(F)(F)F)C(F)(F)C(F)(F)C(F)(F)C(F)(F)C(F)(F)C(F)(F)C(F)(F)C(F)(F)C(F)(F)C(F)(F)C(F)(F)F. The molecule has 0 heterocycles. The van der Waals surface area contributed by atoms with E-state index in [2.05, 4.69) is 4.18 Å². The highest BCUT2D eigenvalue weighted by atomic mass is 32.2. The third-order valence-electron chi connectivity index (χ3n) is 5.29. The van der Waals surface area contributed by atoms with Crippen LogP contribution in [-0.4, -0.2) is 91.6 Å². The molecule has 0 aliphatic carbocycles. The van der Waals surface area contributed by atoms with E-state index >= 15 is 0 Å². The van der Waals surface area contributed by atoms with Crippen molar-refractivity contribution in [3.63, 3.8) is 0 Å². The Hall–Kier alpha value is -1.98. The number of hydrogen-bond donors (Lipinski definition) is 0. The Balaban J connectivity index is 7.75. The van der Waals surface area contributed by atoms with Crippen LogP contribution in [0.5, 0.6) is 0 Å². The smallest absolute Gasteiger partial charge is 0.267 e. The summed E-state index contributed by atoms with van der Waals surface area (Å²) in [6.45, 7) is -2.02. The molecule has 1 atom stereocenters. The summed E-state index contributed by atoms with van der Waals surface area (Å²) in [5.41, 5.74) is 0. The van der Waals surface area contributed by atoms with E-state index in [0.717, 1.165) is 0 Å². The van der Waals surface area contributed by atoms with Gasteiger partial charge in [-0.25, -0.2) is 4.39 Å². The molecular weight excluding hydrogens is 773 g/mol. The minimum absolute atomic E-state index is 0.0556. The van der Waals surface area contributed by atoms with Gasteiger partial charge < -0.3 is 0 Å². The van der Waals surface area contributed by atoms with Gasteiger partial charge in [-0.15, -0.1) is 0 Å². The molecule has 1 unspecified atom stereocenters. The lowest BCUT2D eigenvalue weighted by Gasteiger charge is -2.46. The van der Waals surface area contributed by atoms with Crippen molar-refractivity contribution >= 4 is 10.1 Å². The second-order valence-electron chi connectivity index (χ2n) is 8.20. The molecule has 0 aromatic heterocycles. The molecule has 0 aliphatic heterocycles. The summed E-state index contributed by atoms with van der Waals surface area (Å²) < 4.78 is 385. The summed E-state index contributed by atoms with van der Waals surface area (Å²) in [6, 6.07) is 0. The van der Waals surface area contributed by atoms with E-state index in [1.807, 2.05) is 0 Å². The molecule has 0 N–H and O–H groups in total. The maximum atomic E-state index is 14.2. The van der Waals surface area contributed by atoms with Gasteiger partial charge in [-0.05, 0) is 6.92 Å². The lowest BCUT2D eigenvalue weighted by atomic mass is 9.84. The first-order valence-electron chi connectivity index (χ1n) is 9.80. The zero-order valence-corrected chi connectivity index (χ0v) is 20.9. The van der Waals surface area contributed by atoms with Gasteiger partial charge in [0.1, 0.15) is 0 Å². The molecule has 46 heavy (non-hydrogen) atoms. The molecule has 0 aliphatic rings. The summed E-state index contributed by atoms with van der Waals surface area (Å²) in [5.74, 6) is -95.7. The quantitative estimate of drug-likeness (QED) is 0.139. The molecule has 278 valence electrons. The predicted molar refractivity (Wildman–Crippen MR) is 86.0 cm³/mol. The average molecular weight is 778 g/mol. The lowest BCUT2D eigenvalue weighted by molar-refractivity contribution is -0.481. The standard InChI is InChI=1S/C15H5F27O3S/c1-2-45-46(43,44)13(36,15(40,41)42)11(32,33)9(28,29)7(24,25)5(20,21)3(16,17)4(18,19)6(22,23)8(26,27)10(30,31)12(34,35)14(37,38)39/h2H2,1H3. The molecule has 0 bridgehead atoms. The monoisotopic (exact) mass is 778 g/mol. The van der Waals surface area contributed by atoms with Crippen LogP contribution in [0.4, 0.5) is 119 Å². The highest BCUT2D eigenvalue weighted by Gasteiger charge is 3.01. The first-order chi connectivity index (χ1) is 19.3. The van der Waals surface area contributed by atoms with Crippen molar-refractivity contribution in [1.29, 1.82) is 0 Å². The number of alkyl halides is 27. The molecule has 0 aromatic carbocycles. The minimum Gasteiger partial charge on any atom is -0.267 e. The van der Waals surface area contributed by atoms with Crippen LogP contribution >= 0.6 is 0 Å². The highest BCUT2D eigenvalue weighted by molar-refractivity contribution is 7.88. The summed E-state index contributed by atoms with van der Waals surface area (Å²) in [7, 11) is -8.33. The van der Waals surface area contributed by atoms with Gasteiger partial charge in [-0.1, -0.05) is 0 Å². The van der Waals surface area contributed by atoms with Crippen LogP contribution < -0.4 is 0 Å². The van der Waals surface area contributed by atoms with Crippen molar-refractivity contribution in [3.05, 3.63) is 0 Å². The van der Waals surface area contributed by atoms with E-state index < -0.39 is 93.3 Å². The van der Waals surface area contributed by atoms with E-state index in [0.29, 0.717) is 0 Å². The summed E-state index contributed by atoms with van der Waals surface area (Å²) >= 11 is 0. The van der Waals surface area contributed by atoms with Crippen LogP contribution in [-0.2, 0) is 14.3 Å². The van der Waals surface area contributed by atoms with Gasteiger partial charge in [0.15, 0.2) is 0 Å². The van der Waals surface area contributed by atoms with Crippen molar-refractivity contribution in [3.8, 4) is 0 Å². The zero-order valence-electron chi connectivity index (χ0n) is 20.0. The van der Waals surface area contributed by atoms with Crippen LogP contribution in [0.3, 0.4) is 0 Å². The topological polar surface area (TPSA) is 43.4 Å².